The third kappa shape index (κ3) is 3.48. The van der Waals surface area contributed by atoms with Crippen molar-refractivity contribution in [2.75, 3.05) is 16.8 Å². The Kier molecular flexibility index (Phi) is 4.54. The third-order valence-corrected chi connectivity index (χ3v) is 4.64. The summed E-state index contributed by atoms with van der Waals surface area (Å²) in [6, 6.07) is 10.8. The van der Waals surface area contributed by atoms with Gasteiger partial charge in [0, 0.05) is 6.20 Å². The highest BCUT2D eigenvalue weighted by atomic mass is 35.5. The van der Waals surface area contributed by atoms with Crippen LogP contribution in [-0.4, -0.2) is 28.6 Å². The Bertz CT molecular complexity index is 751. The van der Waals surface area contributed by atoms with Crippen LogP contribution in [0.3, 0.4) is 0 Å². The summed E-state index contributed by atoms with van der Waals surface area (Å²) in [5.74, 6) is -0.326. The Morgan fingerprint density at radius 2 is 2.13 bits per heavy atom. The van der Waals surface area contributed by atoms with Gasteiger partial charge in [-0.05, 0) is 31.2 Å². The number of rotatable bonds is 3. The van der Waals surface area contributed by atoms with Gasteiger partial charge in [0.25, 0.3) is 0 Å². The Labute approximate surface area is 143 Å². The van der Waals surface area contributed by atoms with Crippen molar-refractivity contribution in [2.45, 2.75) is 17.2 Å². The topological polar surface area (TPSA) is 62.3 Å². The molecule has 1 aliphatic rings. The molecule has 2 heterocycles. The van der Waals surface area contributed by atoms with Gasteiger partial charge in [0.15, 0.2) is 0 Å². The number of fused-ring (bicyclic) bond motifs is 1. The van der Waals surface area contributed by atoms with E-state index in [4.69, 9.17) is 11.6 Å². The minimum atomic E-state index is -0.373. The van der Waals surface area contributed by atoms with Gasteiger partial charge >= 0.3 is 0 Å². The van der Waals surface area contributed by atoms with Gasteiger partial charge in [0.2, 0.25) is 11.8 Å². The number of halogens is 1. The number of anilines is 2. The maximum atomic E-state index is 12.7. The number of nitrogens with one attached hydrogen (secondary N) is 1. The molecule has 2 aromatic rings. The zero-order chi connectivity index (χ0) is 16.4. The molecule has 118 valence electrons. The Balaban J connectivity index is 1.79. The molecular formula is C16H14ClN3O2S. The molecule has 1 N–H and O–H groups in total. The molecule has 2 amide bonds. The van der Waals surface area contributed by atoms with Gasteiger partial charge in [0.05, 0.1) is 26.7 Å². The number of thioether (sulfide) groups is 1. The minimum Gasteiger partial charge on any atom is -0.323 e. The zero-order valence-electron chi connectivity index (χ0n) is 12.3. The number of amides is 2. The summed E-state index contributed by atoms with van der Waals surface area (Å²) in [5, 5.41) is 3.66. The SMILES string of the molecule is CC(Sc1ccc(Cl)cn1)C(=O)N1CC(=O)Nc2ccccc21. The van der Waals surface area contributed by atoms with E-state index < -0.39 is 0 Å². The number of carbonyl (C=O) groups excluding carboxylic acids is 2. The van der Waals surface area contributed by atoms with E-state index in [0.29, 0.717) is 21.4 Å². The molecule has 0 fully saturated rings. The highest BCUT2D eigenvalue weighted by Crippen LogP contribution is 2.31. The molecule has 1 aromatic heterocycles. The van der Waals surface area contributed by atoms with Crippen LogP contribution < -0.4 is 10.2 Å². The molecule has 1 unspecified atom stereocenters. The van der Waals surface area contributed by atoms with Gasteiger partial charge in [-0.1, -0.05) is 35.5 Å². The number of para-hydroxylation sites is 2. The molecule has 0 saturated heterocycles. The standard InChI is InChI=1S/C16H14ClN3O2S/c1-10(23-15-7-6-11(17)8-18-15)16(22)20-9-14(21)19-12-4-2-3-5-13(12)20/h2-8,10H,9H2,1H3,(H,19,21). The summed E-state index contributed by atoms with van der Waals surface area (Å²) >= 11 is 7.15. The van der Waals surface area contributed by atoms with E-state index in [2.05, 4.69) is 10.3 Å². The van der Waals surface area contributed by atoms with Crippen molar-refractivity contribution in [1.29, 1.82) is 0 Å². The maximum absolute atomic E-state index is 12.7. The fourth-order valence-electron chi connectivity index (χ4n) is 2.31. The highest BCUT2D eigenvalue weighted by Gasteiger charge is 2.30. The smallest absolute Gasteiger partial charge is 0.244 e. The molecule has 0 aliphatic carbocycles. The maximum Gasteiger partial charge on any atom is 0.244 e. The van der Waals surface area contributed by atoms with Crippen molar-refractivity contribution in [2.24, 2.45) is 0 Å². The lowest BCUT2D eigenvalue weighted by atomic mass is 10.2. The third-order valence-electron chi connectivity index (χ3n) is 3.38. The first-order valence-electron chi connectivity index (χ1n) is 7.03. The van der Waals surface area contributed by atoms with Gasteiger partial charge in [-0.2, -0.15) is 0 Å². The van der Waals surface area contributed by atoms with Gasteiger partial charge < -0.3 is 5.32 Å². The number of aromatic nitrogens is 1. The molecule has 1 atom stereocenters. The number of benzene rings is 1. The lowest BCUT2D eigenvalue weighted by Gasteiger charge is -2.30. The summed E-state index contributed by atoms with van der Waals surface area (Å²) in [6.45, 7) is 1.83. The van der Waals surface area contributed by atoms with Crippen LogP contribution >= 0.6 is 23.4 Å². The quantitative estimate of drug-likeness (QED) is 0.866. The van der Waals surface area contributed by atoms with Gasteiger partial charge in [-0.3, -0.25) is 14.5 Å². The second-order valence-corrected chi connectivity index (χ2v) is 6.86. The average molecular weight is 348 g/mol. The summed E-state index contributed by atoms with van der Waals surface area (Å²) in [5.41, 5.74) is 1.37. The van der Waals surface area contributed by atoms with Crippen molar-refractivity contribution < 1.29 is 9.59 Å². The van der Waals surface area contributed by atoms with E-state index >= 15 is 0 Å². The second-order valence-electron chi connectivity index (χ2n) is 5.06. The Morgan fingerprint density at radius 3 is 2.87 bits per heavy atom. The predicted octanol–water partition coefficient (Wildman–Crippen LogP) is 3.20. The van der Waals surface area contributed by atoms with Crippen LogP contribution in [0.15, 0.2) is 47.6 Å². The van der Waals surface area contributed by atoms with Crippen LogP contribution in [0.25, 0.3) is 0 Å². The summed E-state index contributed by atoms with van der Waals surface area (Å²) in [6.07, 6.45) is 1.55. The number of hydrogen-bond acceptors (Lipinski definition) is 4. The van der Waals surface area contributed by atoms with Crippen molar-refractivity contribution in [3.8, 4) is 0 Å². The first-order chi connectivity index (χ1) is 11.0. The fourth-order valence-corrected chi connectivity index (χ4v) is 3.28. The first-order valence-corrected chi connectivity index (χ1v) is 8.29. The Morgan fingerprint density at radius 1 is 1.35 bits per heavy atom. The molecule has 5 nitrogen and oxygen atoms in total. The Hall–Kier alpha value is -2.05. The molecule has 23 heavy (non-hydrogen) atoms. The molecule has 0 bridgehead atoms. The summed E-state index contributed by atoms with van der Waals surface area (Å²) in [7, 11) is 0. The summed E-state index contributed by atoms with van der Waals surface area (Å²) in [4.78, 5) is 30.3. The van der Waals surface area contributed by atoms with E-state index in [1.54, 1.807) is 31.3 Å². The predicted molar refractivity (Wildman–Crippen MR) is 92.0 cm³/mol. The molecule has 3 rings (SSSR count). The minimum absolute atomic E-state index is 0.0226. The number of pyridine rings is 1. The zero-order valence-corrected chi connectivity index (χ0v) is 13.9. The monoisotopic (exact) mass is 347 g/mol. The average Bonchev–Trinajstić information content (AvgIpc) is 2.55. The van der Waals surface area contributed by atoms with Crippen LogP contribution in [0.2, 0.25) is 5.02 Å². The van der Waals surface area contributed by atoms with E-state index in [9.17, 15) is 9.59 Å². The largest absolute Gasteiger partial charge is 0.323 e. The number of hydrogen-bond donors (Lipinski definition) is 1. The fraction of sp³-hybridized carbons (Fsp3) is 0.188. The first kappa shape index (κ1) is 15.8. The molecule has 1 aliphatic heterocycles. The molecule has 0 radical (unpaired) electrons. The van der Waals surface area contributed by atoms with Crippen molar-refractivity contribution >= 4 is 46.6 Å². The molecule has 0 spiro atoms. The lowest BCUT2D eigenvalue weighted by Crippen LogP contribution is -2.45. The van der Waals surface area contributed by atoms with E-state index in [-0.39, 0.29) is 23.6 Å². The van der Waals surface area contributed by atoms with Crippen molar-refractivity contribution in [1.82, 2.24) is 4.98 Å². The normalized spacial score (nSPS) is 14.9. The van der Waals surface area contributed by atoms with Crippen LogP contribution in [0, 0.1) is 0 Å². The molecule has 1 aromatic carbocycles. The highest BCUT2D eigenvalue weighted by molar-refractivity contribution is 8.00. The van der Waals surface area contributed by atoms with Crippen LogP contribution in [0.1, 0.15) is 6.92 Å². The van der Waals surface area contributed by atoms with Crippen molar-refractivity contribution in [3.05, 3.63) is 47.6 Å². The molecule has 7 heteroatoms. The lowest BCUT2D eigenvalue weighted by molar-refractivity contribution is -0.121. The van der Waals surface area contributed by atoms with Crippen LogP contribution in [0.5, 0.6) is 0 Å². The van der Waals surface area contributed by atoms with Crippen LogP contribution in [0.4, 0.5) is 11.4 Å². The van der Waals surface area contributed by atoms with E-state index in [0.717, 1.165) is 0 Å². The second kappa shape index (κ2) is 6.60. The van der Waals surface area contributed by atoms with Gasteiger partial charge in [0.1, 0.15) is 6.54 Å². The van der Waals surface area contributed by atoms with Crippen LogP contribution in [-0.2, 0) is 9.59 Å². The van der Waals surface area contributed by atoms with E-state index in [1.807, 2.05) is 18.2 Å². The van der Waals surface area contributed by atoms with Gasteiger partial charge in [-0.15, -0.1) is 0 Å². The molecular weight excluding hydrogens is 334 g/mol. The number of carbonyl (C=O) groups is 2. The molecule has 0 saturated carbocycles. The number of nitrogens with zero attached hydrogens (tertiary/aromatic N) is 2. The summed E-state index contributed by atoms with van der Waals surface area (Å²) < 4.78 is 0. The van der Waals surface area contributed by atoms with Crippen molar-refractivity contribution in [3.63, 3.8) is 0 Å². The van der Waals surface area contributed by atoms with E-state index in [1.165, 1.54) is 16.7 Å². The van der Waals surface area contributed by atoms with Gasteiger partial charge in [-0.25, -0.2) is 4.98 Å².